The monoisotopic (exact) mass is 234 g/mol. The van der Waals surface area contributed by atoms with E-state index in [-0.39, 0.29) is 18.6 Å². The Hall–Kier alpha value is -1.55. The number of rotatable bonds is 3. The van der Waals surface area contributed by atoms with Crippen LogP contribution in [-0.2, 0) is 4.79 Å². The van der Waals surface area contributed by atoms with Gasteiger partial charge in [-0.05, 0) is 30.0 Å². The Bertz CT molecular complexity index is 429. The van der Waals surface area contributed by atoms with Gasteiger partial charge < -0.3 is 15.8 Å². The van der Waals surface area contributed by atoms with Crippen LogP contribution in [0.1, 0.15) is 31.9 Å². The van der Waals surface area contributed by atoms with Gasteiger partial charge in [-0.2, -0.15) is 0 Å². The van der Waals surface area contributed by atoms with Crippen molar-refractivity contribution in [1.29, 1.82) is 0 Å². The molecule has 0 saturated carbocycles. The molecule has 0 aromatic heterocycles. The number of nitrogens with two attached hydrogens (primary N) is 1. The maximum absolute atomic E-state index is 11.2. The molecular weight excluding hydrogens is 216 g/mol. The van der Waals surface area contributed by atoms with Crippen molar-refractivity contribution < 1.29 is 9.53 Å². The van der Waals surface area contributed by atoms with Gasteiger partial charge in [0.15, 0.2) is 6.61 Å². The lowest BCUT2D eigenvalue weighted by atomic mass is 9.97. The zero-order valence-electron chi connectivity index (χ0n) is 10.2. The number of fused-ring (bicyclic) bond motifs is 1. The summed E-state index contributed by atoms with van der Waals surface area (Å²) in [6, 6.07) is 5.73. The van der Waals surface area contributed by atoms with E-state index < -0.39 is 0 Å². The van der Waals surface area contributed by atoms with Crippen LogP contribution in [0.25, 0.3) is 0 Å². The minimum atomic E-state index is -0.118. The minimum absolute atomic E-state index is 0.000807. The summed E-state index contributed by atoms with van der Waals surface area (Å²) < 4.78 is 5.30. The van der Waals surface area contributed by atoms with Crippen molar-refractivity contribution in [3.05, 3.63) is 23.8 Å². The number of anilines is 1. The molecule has 1 aromatic rings. The van der Waals surface area contributed by atoms with Gasteiger partial charge in [0.05, 0.1) is 5.69 Å². The van der Waals surface area contributed by atoms with E-state index in [1.807, 2.05) is 18.2 Å². The number of benzene rings is 1. The lowest BCUT2D eigenvalue weighted by Crippen LogP contribution is -2.25. The lowest BCUT2D eigenvalue weighted by Gasteiger charge is -2.21. The molecule has 0 radical (unpaired) electrons. The molecule has 1 aromatic carbocycles. The first-order chi connectivity index (χ1) is 8.06. The van der Waals surface area contributed by atoms with Gasteiger partial charge in [0.1, 0.15) is 5.75 Å². The van der Waals surface area contributed by atoms with E-state index in [0.717, 1.165) is 17.7 Å². The van der Waals surface area contributed by atoms with Gasteiger partial charge in [-0.1, -0.05) is 19.9 Å². The van der Waals surface area contributed by atoms with E-state index in [2.05, 4.69) is 19.2 Å². The quantitative estimate of drug-likeness (QED) is 0.841. The highest BCUT2D eigenvalue weighted by molar-refractivity contribution is 5.95. The molecule has 0 bridgehead atoms. The standard InChI is InChI=1S/C13H18N2O2/c1-8(2)5-10(14)9-3-4-12-11(6-9)15-13(16)7-17-12/h3-4,6,8,10H,5,7,14H2,1-2H3,(H,15,16). The average Bonchev–Trinajstić information content (AvgIpc) is 2.27. The first-order valence-corrected chi connectivity index (χ1v) is 5.88. The molecule has 3 N–H and O–H groups in total. The highest BCUT2D eigenvalue weighted by atomic mass is 16.5. The number of amides is 1. The first-order valence-electron chi connectivity index (χ1n) is 5.88. The highest BCUT2D eigenvalue weighted by Gasteiger charge is 2.17. The van der Waals surface area contributed by atoms with Crippen molar-refractivity contribution in [3.8, 4) is 5.75 Å². The summed E-state index contributed by atoms with van der Waals surface area (Å²) in [6.07, 6.45) is 0.924. The second kappa shape index (κ2) is 4.75. The Kier molecular flexibility index (Phi) is 3.33. The molecule has 17 heavy (non-hydrogen) atoms. The van der Waals surface area contributed by atoms with Gasteiger partial charge in [0.25, 0.3) is 5.91 Å². The molecule has 0 spiro atoms. The van der Waals surface area contributed by atoms with Crippen LogP contribution in [0.3, 0.4) is 0 Å². The van der Waals surface area contributed by atoms with Crippen LogP contribution in [0.4, 0.5) is 5.69 Å². The number of carbonyl (C=O) groups excluding carboxylic acids is 1. The molecule has 1 amide bonds. The molecule has 2 rings (SSSR count). The van der Waals surface area contributed by atoms with Gasteiger partial charge in [-0.3, -0.25) is 4.79 Å². The van der Waals surface area contributed by atoms with Crippen molar-refractivity contribution in [2.75, 3.05) is 11.9 Å². The molecule has 4 nitrogen and oxygen atoms in total. The number of carbonyl (C=O) groups is 1. The van der Waals surface area contributed by atoms with E-state index in [9.17, 15) is 4.79 Å². The summed E-state index contributed by atoms with van der Waals surface area (Å²) in [5.74, 6) is 1.14. The second-order valence-corrected chi connectivity index (χ2v) is 4.83. The Morgan fingerprint density at radius 1 is 1.47 bits per heavy atom. The molecule has 1 heterocycles. The molecule has 92 valence electrons. The number of hydrogen-bond acceptors (Lipinski definition) is 3. The number of ether oxygens (including phenoxy) is 1. The van der Waals surface area contributed by atoms with Gasteiger partial charge in [0, 0.05) is 6.04 Å². The van der Waals surface area contributed by atoms with Crippen molar-refractivity contribution in [2.45, 2.75) is 26.3 Å². The van der Waals surface area contributed by atoms with Gasteiger partial charge in [-0.25, -0.2) is 0 Å². The van der Waals surface area contributed by atoms with Gasteiger partial charge in [-0.15, -0.1) is 0 Å². The summed E-state index contributed by atoms with van der Waals surface area (Å²) in [7, 11) is 0. The van der Waals surface area contributed by atoms with Crippen molar-refractivity contribution >= 4 is 11.6 Å². The van der Waals surface area contributed by atoms with Crippen LogP contribution in [0.2, 0.25) is 0 Å². The lowest BCUT2D eigenvalue weighted by molar-refractivity contribution is -0.118. The molecule has 1 unspecified atom stereocenters. The zero-order chi connectivity index (χ0) is 12.4. The number of nitrogens with one attached hydrogen (secondary N) is 1. The predicted octanol–water partition coefficient (Wildman–Crippen LogP) is 2.06. The second-order valence-electron chi connectivity index (χ2n) is 4.83. The van der Waals surface area contributed by atoms with Crippen molar-refractivity contribution in [2.24, 2.45) is 11.7 Å². The number of hydrogen-bond donors (Lipinski definition) is 2. The molecule has 0 saturated heterocycles. The summed E-state index contributed by atoms with van der Waals surface area (Å²) in [5.41, 5.74) is 7.86. The molecule has 4 heteroatoms. The van der Waals surface area contributed by atoms with E-state index in [0.29, 0.717) is 11.7 Å². The highest BCUT2D eigenvalue weighted by Crippen LogP contribution is 2.31. The summed E-state index contributed by atoms with van der Waals surface area (Å²) in [6.45, 7) is 4.37. The molecule has 1 aliphatic heterocycles. The van der Waals surface area contributed by atoms with Crippen molar-refractivity contribution in [1.82, 2.24) is 0 Å². The molecular formula is C13H18N2O2. The third kappa shape index (κ3) is 2.77. The van der Waals surface area contributed by atoms with E-state index in [4.69, 9.17) is 10.5 Å². The fraction of sp³-hybridized carbons (Fsp3) is 0.462. The summed E-state index contributed by atoms with van der Waals surface area (Å²) in [4.78, 5) is 11.2. The molecule has 0 aliphatic carbocycles. The van der Waals surface area contributed by atoms with Gasteiger partial charge in [0.2, 0.25) is 0 Å². The maximum Gasteiger partial charge on any atom is 0.262 e. The summed E-state index contributed by atoms with van der Waals surface area (Å²) in [5, 5.41) is 2.79. The van der Waals surface area contributed by atoms with Crippen LogP contribution < -0.4 is 15.8 Å². The maximum atomic E-state index is 11.2. The Morgan fingerprint density at radius 3 is 2.94 bits per heavy atom. The fourth-order valence-corrected chi connectivity index (χ4v) is 1.98. The SMILES string of the molecule is CC(C)CC(N)c1ccc2c(c1)NC(=O)CO2. The van der Waals surface area contributed by atoms with Crippen LogP contribution in [0, 0.1) is 5.92 Å². The van der Waals surface area contributed by atoms with E-state index in [1.54, 1.807) is 0 Å². The fourth-order valence-electron chi connectivity index (χ4n) is 1.98. The molecule has 0 fully saturated rings. The van der Waals surface area contributed by atoms with Crippen LogP contribution >= 0.6 is 0 Å². The minimum Gasteiger partial charge on any atom is -0.482 e. The van der Waals surface area contributed by atoms with Crippen LogP contribution in [0.5, 0.6) is 5.75 Å². The third-order valence-electron chi connectivity index (χ3n) is 2.79. The zero-order valence-corrected chi connectivity index (χ0v) is 10.2. The van der Waals surface area contributed by atoms with Crippen molar-refractivity contribution in [3.63, 3.8) is 0 Å². The summed E-state index contributed by atoms with van der Waals surface area (Å²) >= 11 is 0. The average molecular weight is 234 g/mol. The largest absolute Gasteiger partial charge is 0.482 e. The Morgan fingerprint density at radius 2 is 2.24 bits per heavy atom. The topological polar surface area (TPSA) is 64.3 Å². The van der Waals surface area contributed by atoms with Crippen LogP contribution in [-0.4, -0.2) is 12.5 Å². The van der Waals surface area contributed by atoms with E-state index in [1.165, 1.54) is 0 Å². The van der Waals surface area contributed by atoms with Crippen LogP contribution in [0.15, 0.2) is 18.2 Å². The van der Waals surface area contributed by atoms with Gasteiger partial charge >= 0.3 is 0 Å². The third-order valence-corrected chi connectivity index (χ3v) is 2.79. The van der Waals surface area contributed by atoms with E-state index >= 15 is 0 Å². The molecule has 1 aliphatic rings. The predicted molar refractivity (Wildman–Crippen MR) is 67.0 cm³/mol. The normalized spacial score (nSPS) is 16.1. The Balaban J connectivity index is 2.20. The molecule has 1 atom stereocenters. The smallest absolute Gasteiger partial charge is 0.262 e. The first kappa shape index (κ1) is 11.9. The Labute approximate surface area is 101 Å².